The molecule has 0 radical (unpaired) electrons. The topological polar surface area (TPSA) is 75.1 Å². The lowest BCUT2D eigenvalue weighted by atomic mass is 10.1. The molecule has 0 amide bonds. The maximum atomic E-state index is 11.4. The molecule has 2 aromatic rings. The second kappa shape index (κ2) is 5.35. The Bertz CT molecular complexity index is 581. The van der Waals surface area contributed by atoms with Gasteiger partial charge < -0.3 is 10.1 Å². The van der Waals surface area contributed by atoms with Crippen LogP contribution in [0, 0.1) is 0 Å². The number of imidazole rings is 1. The second-order valence-electron chi connectivity index (χ2n) is 4.05. The lowest BCUT2D eigenvalue weighted by molar-refractivity contribution is -0.137. The summed E-state index contributed by atoms with van der Waals surface area (Å²) in [7, 11) is 0. The van der Waals surface area contributed by atoms with Crippen molar-refractivity contribution < 1.29 is 9.90 Å². The summed E-state index contributed by atoms with van der Waals surface area (Å²) in [4.78, 5) is 24.4. The minimum atomic E-state index is -0.773. The number of carboxylic acid groups (broad SMARTS) is 1. The summed E-state index contributed by atoms with van der Waals surface area (Å²) in [5, 5.41) is 8.55. The Hall–Kier alpha value is -2.30. The Labute approximate surface area is 104 Å². The molecule has 0 aliphatic heterocycles. The van der Waals surface area contributed by atoms with Crippen molar-refractivity contribution in [3.63, 3.8) is 0 Å². The number of aliphatic carboxylic acids is 1. The Kier molecular flexibility index (Phi) is 3.62. The van der Waals surface area contributed by atoms with Crippen LogP contribution in [0.2, 0.25) is 0 Å². The first-order valence-corrected chi connectivity index (χ1v) is 5.74. The van der Waals surface area contributed by atoms with Gasteiger partial charge in [0.1, 0.15) is 0 Å². The molecule has 0 aliphatic rings. The molecule has 0 bridgehead atoms. The average molecular weight is 246 g/mol. The number of benzene rings is 1. The van der Waals surface area contributed by atoms with E-state index in [1.807, 2.05) is 24.3 Å². The number of nitrogens with zero attached hydrogens (tertiary/aromatic N) is 1. The van der Waals surface area contributed by atoms with E-state index in [0.717, 1.165) is 17.7 Å². The normalized spacial score (nSPS) is 10.4. The summed E-state index contributed by atoms with van der Waals surface area (Å²) in [5.41, 5.74) is 1.69. The largest absolute Gasteiger partial charge is 0.481 e. The van der Waals surface area contributed by atoms with Gasteiger partial charge >= 0.3 is 11.7 Å². The average Bonchev–Trinajstić information content (AvgIpc) is 2.76. The third kappa shape index (κ3) is 2.88. The van der Waals surface area contributed by atoms with Crippen LogP contribution in [0.25, 0.3) is 5.69 Å². The zero-order valence-electron chi connectivity index (χ0n) is 9.80. The van der Waals surface area contributed by atoms with Crippen LogP contribution < -0.4 is 5.69 Å². The van der Waals surface area contributed by atoms with E-state index in [-0.39, 0.29) is 12.1 Å². The zero-order valence-corrected chi connectivity index (χ0v) is 9.80. The number of aromatic nitrogens is 2. The number of aromatic amines is 1. The summed E-state index contributed by atoms with van der Waals surface area (Å²) in [6, 6.07) is 7.53. The summed E-state index contributed by atoms with van der Waals surface area (Å²) in [5.74, 6) is -0.773. The van der Waals surface area contributed by atoms with E-state index in [1.165, 1.54) is 4.57 Å². The molecule has 5 heteroatoms. The van der Waals surface area contributed by atoms with E-state index < -0.39 is 5.97 Å². The fourth-order valence-corrected chi connectivity index (χ4v) is 1.79. The highest BCUT2D eigenvalue weighted by atomic mass is 16.4. The van der Waals surface area contributed by atoms with Crippen molar-refractivity contribution in [3.8, 4) is 5.69 Å². The van der Waals surface area contributed by atoms with Crippen molar-refractivity contribution in [2.24, 2.45) is 0 Å². The quantitative estimate of drug-likeness (QED) is 0.840. The summed E-state index contributed by atoms with van der Waals surface area (Å²) in [6.07, 6.45) is 4.79. The van der Waals surface area contributed by atoms with E-state index in [1.54, 1.807) is 12.4 Å². The van der Waals surface area contributed by atoms with E-state index in [4.69, 9.17) is 5.11 Å². The van der Waals surface area contributed by atoms with Crippen LogP contribution in [0.4, 0.5) is 0 Å². The summed E-state index contributed by atoms with van der Waals surface area (Å²) >= 11 is 0. The van der Waals surface area contributed by atoms with Crippen LogP contribution in [-0.2, 0) is 11.2 Å². The third-order valence-corrected chi connectivity index (χ3v) is 2.72. The lowest BCUT2D eigenvalue weighted by Crippen LogP contribution is -2.13. The molecule has 0 saturated carbocycles. The summed E-state index contributed by atoms with van der Waals surface area (Å²) < 4.78 is 1.51. The Morgan fingerprint density at radius 1 is 1.28 bits per heavy atom. The molecule has 94 valence electrons. The van der Waals surface area contributed by atoms with Gasteiger partial charge in [0.05, 0.1) is 5.69 Å². The molecule has 0 atom stereocenters. The number of carbonyl (C=O) groups is 1. The number of H-pyrrole nitrogens is 1. The number of hydrogen-bond acceptors (Lipinski definition) is 2. The van der Waals surface area contributed by atoms with Crippen molar-refractivity contribution >= 4 is 5.97 Å². The molecule has 1 heterocycles. The predicted octanol–water partition coefficient (Wildman–Crippen LogP) is 1.57. The Balaban J connectivity index is 2.04. The number of rotatable bonds is 5. The zero-order chi connectivity index (χ0) is 13.0. The standard InChI is InChI=1S/C13H14N2O3/c16-12(17)3-1-2-10-4-6-11(7-5-10)15-9-8-14-13(15)18/h4-9H,1-3H2,(H,14,18)(H,16,17). The maximum absolute atomic E-state index is 11.4. The van der Waals surface area contributed by atoms with Crippen LogP contribution in [-0.4, -0.2) is 20.6 Å². The maximum Gasteiger partial charge on any atom is 0.330 e. The third-order valence-electron chi connectivity index (χ3n) is 2.72. The molecular weight excluding hydrogens is 232 g/mol. The van der Waals surface area contributed by atoms with Crippen LogP contribution in [0.5, 0.6) is 0 Å². The van der Waals surface area contributed by atoms with E-state index in [9.17, 15) is 9.59 Å². The van der Waals surface area contributed by atoms with Crippen LogP contribution in [0.1, 0.15) is 18.4 Å². The van der Waals surface area contributed by atoms with E-state index >= 15 is 0 Å². The molecular formula is C13H14N2O3. The van der Waals surface area contributed by atoms with Crippen molar-refractivity contribution in [2.75, 3.05) is 0 Å². The van der Waals surface area contributed by atoms with Gasteiger partial charge in [0, 0.05) is 18.8 Å². The van der Waals surface area contributed by atoms with Gasteiger partial charge in [0.2, 0.25) is 0 Å². The molecule has 2 rings (SSSR count). The van der Waals surface area contributed by atoms with Crippen LogP contribution in [0.3, 0.4) is 0 Å². The first kappa shape index (κ1) is 12.2. The highest BCUT2D eigenvalue weighted by Crippen LogP contribution is 2.10. The first-order valence-electron chi connectivity index (χ1n) is 5.74. The van der Waals surface area contributed by atoms with E-state index in [2.05, 4.69) is 4.98 Å². The highest BCUT2D eigenvalue weighted by molar-refractivity contribution is 5.66. The van der Waals surface area contributed by atoms with Gasteiger partial charge in [-0.25, -0.2) is 4.79 Å². The number of carboxylic acids is 1. The predicted molar refractivity (Wildman–Crippen MR) is 67.0 cm³/mol. The lowest BCUT2D eigenvalue weighted by Gasteiger charge is -2.03. The molecule has 5 nitrogen and oxygen atoms in total. The fraction of sp³-hybridized carbons (Fsp3) is 0.231. The van der Waals surface area contributed by atoms with E-state index in [0.29, 0.717) is 6.42 Å². The van der Waals surface area contributed by atoms with Crippen molar-refractivity contribution in [3.05, 3.63) is 52.7 Å². The fourth-order valence-electron chi connectivity index (χ4n) is 1.79. The minimum absolute atomic E-state index is 0.173. The van der Waals surface area contributed by atoms with Gasteiger partial charge in [-0.2, -0.15) is 0 Å². The summed E-state index contributed by atoms with van der Waals surface area (Å²) in [6.45, 7) is 0. The van der Waals surface area contributed by atoms with Gasteiger partial charge in [-0.3, -0.25) is 9.36 Å². The monoisotopic (exact) mass is 246 g/mol. The second-order valence-corrected chi connectivity index (χ2v) is 4.05. The molecule has 1 aromatic heterocycles. The van der Waals surface area contributed by atoms with Gasteiger partial charge in [-0.1, -0.05) is 12.1 Å². The number of aryl methyl sites for hydroxylation is 1. The van der Waals surface area contributed by atoms with Gasteiger partial charge in [-0.05, 0) is 30.5 Å². The highest BCUT2D eigenvalue weighted by Gasteiger charge is 2.01. The Morgan fingerprint density at radius 2 is 2.00 bits per heavy atom. The number of nitrogens with one attached hydrogen (secondary N) is 1. The van der Waals surface area contributed by atoms with Crippen molar-refractivity contribution in [2.45, 2.75) is 19.3 Å². The van der Waals surface area contributed by atoms with Crippen molar-refractivity contribution in [1.29, 1.82) is 0 Å². The molecule has 2 N–H and O–H groups in total. The molecule has 1 aromatic carbocycles. The number of hydrogen-bond donors (Lipinski definition) is 2. The van der Waals surface area contributed by atoms with Gasteiger partial charge in [-0.15, -0.1) is 0 Å². The Morgan fingerprint density at radius 3 is 2.56 bits per heavy atom. The molecule has 0 saturated heterocycles. The SMILES string of the molecule is O=C(O)CCCc1ccc(-n2cc[nH]c2=O)cc1. The molecule has 18 heavy (non-hydrogen) atoms. The van der Waals surface area contributed by atoms with Crippen molar-refractivity contribution in [1.82, 2.24) is 9.55 Å². The van der Waals surface area contributed by atoms with Crippen LogP contribution in [0.15, 0.2) is 41.5 Å². The molecule has 0 spiro atoms. The minimum Gasteiger partial charge on any atom is -0.481 e. The van der Waals surface area contributed by atoms with Gasteiger partial charge in [0.25, 0.3) is 0 Å². The first-order chi connectivity index (χ1) is 8.66. The smallest absolute Gasteiger partial charge is 0.330 e. The molecule has 0 unspecified atom stereocenters. The van der Waals surface area contributed by atoms with Crippen LogP contribution >= 0.6 is 0 Å². The molecule has 0 aliphatic carbocycles. The van der Waals surface area contributed by atoms with Gasteiger partial charge in [0.15, 0.2) is 0 Å². The molecule has 0 fully saturated rings.